The summed E-state index contributed by atoms with van der Waals surface area (Å²) in [6.07, 6.45) is 2.56. The van der Waals surface area contributed by atoms with Gasteiger partial charge in [-0.05, 0) is 24.8 Å². The average Bonchev–Trinajstić information content (AvgIpc) is 2.52. The third-order valence-electron chi connectivity index (χ3n) is 4.51. The van der Waals surface area contributed by atoms with E-state index in [1.807, 2.05) is 0 Å². The topological polar surface area (TPSA) is 58.6 Å². The van der Waals surface area contributed by atoms with Crippen LogP contribution in [0.4, 0.5) is 0 Å². The Labute approximate surface area is 132 Å². The Morgan fingerprint density at radius 2 is 1.95 bits per heavy atom. The van der Waals surface area contributed by atoms with E-state index in [-0.39, 0.29) is 11.8 Å². The summed E-state index contributed by atoms with van der Waals surface area (Å²) in [4.78, 5) is 12.2. The van der Waals surface area contributed by atoms with Crippen molar-refractivity contribution in [2.75, 3.05) is 19.8 Å². The Bertz CT molecular complexity index is 478. The normalized spacial score (nSPS) is 18.7. The summed E-state index contributed by atoms with van der Waals surface area (Å²) in [5.74, 6) is 0.234. The molecular weight excluding hydrogens is 278 g/mol. The molecule has 1 aromatic carbocycles. The van der Waals surface area contributed by atoms with Crippen molar-refractivity contribution in [3.8, 4) is 0 Å². The lowest BCUT2D eigenvalue weighted by molar-refractivity contribution is -0.124. The molecule has 1 aliphatic rings. The van der Waals surface area contributed by atoms with Gasteiger partial charge in [-0.2, -0.15) is 0 Å². The Morgan fingerprint density at radius 1 is 1.32 bits per heavy atom. The Balaban J connectivity index is 1.85. The molecule has 2 N–H and O–H groups in total. The van der Waals surface area contributed by atoms with Gasteiger partial charge < -0.3 is 15.2 Å². The van der Waals surface area contributed by atoms with Crippen LogP contribution in [0.3, 0.4) is 0 Å². The summed E-state index contributed by atoms with van der Waals surface area (Å²) in [5.41, 5.74) is 1.62. The van der Waals surface area contributed by atoms with E-state index in [1.54, 1.807) is 0 Å². The summed E-state index contributed by atoms with van der Waals surface area (Å²) < 4.78 is 5.25. The van der Waals surface area contributed by atoms with Crippen LogP contribution in [0.25, 0.3) is 0 Å². The summed E-state index contributed by atoms with van der Waals surface area (Å²) in [7, 11) is 0. The molecule has 1 heterocycles. The molecular formula is C18H27NO3. The van der Waals surface area contributed by atoms with Gasteiger partial charge in [0.1, 0.15) is 0 Å². The van der Waals surface area contributed by atoms with E-state index in [1.165, 1.54) is 11.1 Å². The van der Waals surface area contributed by atoms with Gasteiger partial charge in [-0.3, -0.25) is 4.79 Å². The van der Waals surface area contributed by atoms with Gasteiger partial charge in [0.25, 0.3) is 0 Å². The molecule has 0 spiro atoms. The SMILES string of the molecule is CCC(CC(=O)NCC1(O)CCOCC1)c1ccc(C)cc1. The number of hydrogen-bond acceptors (Lipinski definition) is 3. The van der Waals surface area contributed by atoms with Gasteiger partial charge in [0.2, 0.25) is 5.91 Å². The van der Waals surface area contributed by atoms with Crippen LogP contribution in [-0.4, -0.2) is 36.4 Å². The molecule has 0 aliphatic carbocycles. The third kappa shape index (κ3) is 4.82. The first kappa shape index (κ1) is 17.0. The van der Waals surface area contributed by atoms with E-state index in [2.05, 4.69) is 43.4 Å². The Kier molecular flexibility index (Phi) is 5.98. The molecule has 122 valence electrons. The summed E-state index contributed by atoms with van der Waals surface area (Å²) in [5, 5.41) is 13.3. The first-order chi connectivity index (χ1) is 10.5. The van der Waals surface area contributed by atoms with E-state index < -0.39 is 5.60 Å². The number of benzene rings is 1. The van der Waals surface area contributed by atoms with Crippen molar-refractivity contribution in [1.82, 2.24) is 5.32 Å². The van der Waals surface area contributed by atoms with Crippen LogP contribution in [0.1, 0.15) is 49.7 Å². The first-order valence-electron chi connectivity index (χ1n) is 8.16. The minimum atomic E-state index is -0.806. The zero-order valence-electron chi connectivity index (χ0n) is 13.6. The lowest BCUT2D eigenvalue weighted by Gasteiger charge is -2.32. The molecule has 2 rings (SSSR count). The standard InChI is InChI=1S/C18H27NO3/c1-3-15(16-6-4-14(2)5-7-16)12-17(20)19-13-18(21)8-10-22-11-9-18/h4-7,15,21H,3,8-13H2,1-2H3,(H,19,20). The molecule has 1 amide bonds. The van der Waals surface area contributed by atoms with Gasteiger partial charge in [0.15, 0.2) is 0 Å². The van der Waals surface area contributed by atoms with Gasteiger partial charge in [0, 0.05) is 39.0 Å². The predicted molar refractivity (Wildman–Crippen MR) is 86.8 cm³/mol. The zero-order chi connectivity index (χ0) is 16.0. The van der Waals surface area contributed by atoms with Gasteiger partial charge in [-0.1, -0.05) is 36.8 Å². The fourth-order valence-electron chi connectivity index (χ4n) is 2.82. The van der Waals surface area contributed by atoms with Gasteiger partial charge in [-0.25, -0.2) is 0 Å². The van der Waals surface area contributed by atoms with Crippen LogP contribution in [0.15, 0.2) is 24.3 Å². The van der Waals surface area contributed by atoms with Crippen molar-refractivity contribution in [3.05, 3.63) is 35.4 Å². The van der Waals surface area contributed by atoms with Crippen LogP contribution in [0, 0.1) is 6.92 Å². The summed E-state index contributed by atoms with van der Waals surface area (Å²) >= 11 is 0. The van der Waals surface area contributed by atoms with Crippen molar-refractivity contribution in [2.45, 2.75) is 51.0 Å². The molecule has 4 nitrogen and oxygen atoms in total. The van der Waals surface area contributed by atoms with Crippen LogP contribution in [0.2, 0.25) is 0 Å². The molecule has 1 unspecified atom stereocenters. The largest absolute Gasteiger partial charge is 0.388 e. The van der Waals surface area contributed by atoms with Crippen molar-refractivity contribution in [3.63, 3.8) is 0 Å². The zero-order valence-corrected chi connectivity index (χ0v) is 13.6. The molecule has 1 fully saturated rings. The highest BCUT2D eigenvalue weighted by molar-refractivity contribution is 5.77. The summed E-state index contributed by atoms with van der Waals surface area (Å²) in [6.45, 7) is 5.61. The highest BCUT2D eigenvalue weighted by atomic mass is 16.5. The molecule has 1 aromatic rings. The average molecular weight is 305 g/mol. The molecule has 1 atom stereocenters. The molecule has 4 heteroatoms. The van der Waals surface area contributed by atoms with Crippen molar-refractivity contribution in [2.24, 2.45) is 0 Å². The predicted octanol–water partition coefficient (Wildman–Crippen LogP) is 2.54. The highest BCUT2D eigenvalue weighted by Crippen LogP contribution is 2.24. The van der Waals surface area contributed by atoms with E-state index >= 15 is 0 Å². The number of nitrogens with one attached hydrogen (secondary N) is 1. The van der Waals surface area contributed by atoms with E-state index in [0.29, 0.717) is 39.0 Å². The molecule has 22 heavy (non-hydrogen) atoms. The molecule has 0 bridgehead atoms. The quantitative estimate of drug-likeness (QED) is 0.849. The van der Waals surface area contributed by atoms with Crippen LogP contribution in [-0.2, 0) is 9.53 Å². The number of rotatable bonds is 6. The lowest BCUT2D eigenvalue weighted by atomic mass is 9.91. The number of aryl methyl sites for hydroxylation is 1. The second-order valence-electron chi connectivity index (χ2n) is 6.33. The molecule has 0 aromatic heterocycles. The monoisotopic (exact) mass is 305 g/mol. The maximum atomic E-state index is 12.2. The second-order valence-corrected chi connectivity index (χ2v) is 6.33. The molecule has 0 radical (unpaired) electrons. The first-order valence-corrected chi connectivity index (χ1v) is 8.16. The smallest absolute Gasteiger partial charge is 0.220 e. The van der Waals surface area contributed by atoms with Crippen LogP contribution in [0.5, 0.6) is 0 Å². The second kappa shape index (κ2) is 7.75. The maximum Gasteiger partial charge on any atom is 0.220 e. The summed E-state index contributed by atoms with van der Waals surface area (Å²) in [6, 6.07) is 8.37. The van der Waals surface area contributed by atoms with Gasteiger partial charge in [0.05, 0.1) is 5.60 Å². The Morgan fingerprint density at radius 3 is 2.55 bits per heavy atom. The number of aliphatic hydroxyl groups is 1. The third-order valence-corrected chi connectivity index (χ3v) is 4.51. The number of ether oxygens (including phenoxy) is 1. The maximum absolute atomic E-state index is 12.2. The van der Waals surface area contributed by atoms with Crippen molar-refractivity contribution in [1.29, 1.82) is 0 Å². The molecule has 1 saturated heterocycles. The number of amides is 1. The number of hydrogen-bond donors (Lipinski definition) is 2. The highest BCUT2D eigenvalue weighted by Gasteiger charge is 2.30. The number of carbonyl (C=O) groups excluding carboxylic acids is 1. The van der Waals surface area contributed by atoms with E-state index in [0.717, 1.165) is 6.42 Å². The van der Waals surface area contributed by atoms with Crippen LogP contribution >= 0.6 is 0 Å². The van der Waals surface area contributed by atoms with E-state index in [9.17, 15) is 9.90 Å². The van der Waals surface area contributed by atoms with Gasteiger partial charge in [-0.15, -0.1) is 0 Å². The molecule has 1 aliphatic heterocycles. The van der Waals surface area contributed by atoms with Crippen LogP contribution < -0.4 is 5.32 Å². The number of carbonyl (C=O) groups is 1. The fraction of sp³-hybridized carbons (Fsp3) is 0.611. The van der Waals surface area contributed by atoms with Crippen molar-refractivity contribution < 1.29 is 14.6 Å². The fourth-order valence-corrected chi connectivity index (χ4v) is 2.82. The van der Waals surface area contributed by atoms with E-state index in [4.69, 9.17) is 4.74 Å². The van der Waals surface area contributed by atoms with Crippen molar-refractivity contribution >= 4 is 5.91 Å². The molecule has 0 saturated carbocycles. The minimum absolute atomic E-state index is 0.00680. The van der Waals surface area contributed by atoms with Gasteiger partial charge >= 0.3 is 0 Å². The Hall–Kier alpha value is -1.39. The minimum Gasteiger partial charge on any atom is -0.388 e. The lowest BCUT2D eigenvalue weighted by Crippen LogP contribution is -2.46.